The Labute approximate surface area is 67.4 Å². The highest BCUT2D eigenvalue weighted by Crippen LogP contribution is 2.33. The molecule has 11 heavy (non-hydrogen) atoms. The van der Waals surface area contributed by atoms with E-state index in [0.717, 1.165) is 5.92 Å². The molecule has 1 fully saturated rings. The first-order chi connectivity index (χ1) is 5.36. The summed E-state index contributed by atoms with van der Waals surface area (Å²) in [5.74, 6) is 1.57. The molecule has 0 bridgehead atoms. The smallest absolute Gasteiger partial charge is 0.0775 e. The molecule has 0 aromatic rings. The van der Waals surface area contributed by atoms with Crippen molar-refractivity contribution in [3.63, 3.8) is 0 Å². The van der Waals surface area contributed by atoms with Gasteiger partial charge in [-0.2, -0.15) is 10.2 Å². The molecular formula is C9H14N2. The molecule has 1 heterocycles. The molecule has 3 atom stereocenters. The number of nitrogens with zero attached hydrogens (tertiary/aromatic N) is 2. The van der Waals surface area contributed by atoms with Crippen LogP contribution in [-0.4, -0.2) is 6.04 Å². The Bertz CT molecular complexity index is 196. The van der Waals surface area contributed by atoms with Gasteiger partial charge in [-0.15, -0.1) is 0 Å². The molecular weight excluding hydrogens is 136 g/mol. The normalized spacial score (nSPS) is 42.1. The summed E-state index contributed by atoms with van der Waals surface area (Å²) in [7, 11) is 0. The van der Waals surface area contributed by atoms with Gasteiger partial charge in [-0.25, -0.2) is 0 Å². The van der Waals surface area contributed by atoms with Crippen LogP contribution in [0.5, 0.6) is 0 Å². The zero-order valence-electron chi connectivity index (χ0n) is 6.90. The number of fused-ring (bicyclic) bond motifs is 1. The zero-order valence-corrected chi connectivity index (χ0v) is 6.90. The van der Waals surface area contributed by atoms with E-state index in [4.69, 9.17) is 0 Å². The molecule has 0 amide bonds. The standard InChI is InChI=1S/C9H14N2/c1-7-2-3-9-8(6-7)4-5-10-11-9/h4-5,7-9H,2-3,6H2,1H3. The average molecular weight is 150 g/mol. The molecule has 1 aliphatic heterocycles. The maximum Gasteiger partial charge on any atom is 0.0775 e. The van der Waals surface area contributed by atoms with Crippen molar-refractivity contribution in [3.8, 4) is 0 Å². The van der Waals surface area contributed by atoms with E-state index in [1.165, 1.54) is 19.3 Å². The van der Waals surface area contributed by atoms with Crippen molar-refractivity contribution in [2.24, 2.45) is 22.1 Å². The summed E-state index contributed by atoms with van der Waals surface area (Å²) < 4.78 is 0. The molecule has 2 nitrogen and oxygen atoms in total. The maximum atomic E-state index is 4.22. The quantitative estimate of drug-likeness (QED) is 0.507. The minimum Gasteiger partial charge on any atom is -0.185 e. The predicted molar refractivity (Wildman–Crippen MR) is 44.3 cm³/mol. The minimum absolute atomic E-state index is 0.510. The summed E-state index contributed by atoms with van der Waals surface area (Å²) in [6.45, 7) is 2.33. The third-order valence-corrected chi connectivity index (χ3v) is 2.74. The fourth-order valence-corrected chi connectivity index (χ4v) is 2.03. The van der Waals surface area contributed by atoms with Gasteiger partial charge in [-0.05, 0) is 25.2 Å². The highest BCUT2D eigenvalue weighted by atomic mass is 15.1. The molecule has 2 heteroatoms. The van der Waals surface area contributed by atoms with Gasteiger partial charge >= 0.3 is 0 Å². The lowest BCUT2D eigenvalue weighted by atomic mass is 9.79. The van der Waals surface area contributed by atoms with Gasteiger partial charge in [0, 0.05) is 12.1 Å². The van der Waals surface area contributed by atoms with Gasteiger partial charge in [0.15, 0.2) is 0 Å². The highest BCUT2D eigenvalue weighted by molar-refractivity contribution is 4.99. The lowest BCUT2D eigenvalue weighted by Crippen LogP contribution is -2.26. The van der Waals surface area contributed by atoms with Crippen LogP contribution >= 0.6 is 0 Å². The van der Waals surface area contributed by atoms with Crippen molar-refractivity contribution in [1.82, 2.24) is 0 Å². The molecule has 1 aliphatic carbocycles. The fourth-order valence-electron chi connectivity index (χ4n) is 2.03. The van der Waals surface area contributed by atoms with Crippen molar-refractivity contribution in [2.75, 3.05) is 0 Å². The van der Waals surface area contributed by atoms with E-state index in [1.54, 1.807) is 0 Å². The van der Waals surface area contributed by atoms with Crippen LogP contribution in [0, 0.1) is 11.8 Å². The summed E-state index contributed by atoms with van der Waals surface area (Å²) in [6.07, 6.45) is 7.93. The molecule has 0 N–H and O–H groups in total. The third-order valence-electron chi connectivity index (χ3n) is 2.74. The van der Waals surface area contributed by atoms with Crippen LogP contribution in [0.2, 0.25) is 0 Å². The lowest BCUT2D eigenvalue weighted by molar-refractivity contribution is 0.277. The van der Waals surface area contributed by atoms with Gasteiger partial charge in [0.25, 0.3) is 0 Å². The monoisotopic (exact) mass is 150 g/mol. The first-order valence-electron chi connectivity index (χ1n) is 4.43. The number of azo groups is 1. The molecule has 0 aromatic carbocycles. The Balaban J connectivity index is 2.07. The van der Waals surface area contributed by atoms with Gasteiger partial charge in [0.2, 0.25) is 0 Å². The molecule has 0 spiro atoms. The SMILES string of the molecule is CC1CCC2N=NC=CC2C1. The molecule has 1 saturated carbocycles. The molecule has 2 aliphatic rings. The number of rotatable bonds is 0. The highest BCUT2D eigenvalue weighted by Gasteiger charge is 2.27. The van der Waals surface area contributed by atoms with Gasteiger partial charge in [0.1, 0.15) is 0 Å². The molecule has 0 radical (unpaired) electrons. The Morgan fingerprint density at radius 1 is 1.36 bits per heavy atom. The second kappa shape index (κ2) is 2.76. The van der Waals surface area contributed by atoms with E-state index in [1.807, 2.05) is 6.20 Å². The van der Waals surface area contributed by atoms with E-state index in [-0.39, 0.29) is 0 Å². The third kappa shape index (κ3) is 1.35. The van der Waals surface area contributed by atoms with Crippen LogP contribution < -0.4 is 0 Å². The van der Waals surface area contributed by atoms with E-state index < -0.39 is 0 Å². The van der Waals surface area contributed by atoms with E-state index in [0.29, 0.717) is 12.0 Å². The lowest BCUT2D eigenvalue weighted by Gasteiger charge is -2.30. The van der Waals surface area contributed by atoms with E-state index >= 15 is 0 Å². The Morgan fingerprint density at radius 2 is 2.27 bits per heavy atom. The van der Waals surface area contributed by atoms with Crippen LogP contribution in [0.25, 0.3) is 0 Å². The van der Waals surface area contributed by atoms with Crippen LogP contribution in [0.1, 0.15) is 26.2 Å². The molecule has 3 unspecified atom stereocenters. The Hall–Kier alpha value is -0.660. The van der Waals surface area contributed by atoms with Crippen molar-refractivity contribution in [1.29, 1.82) is 0 Å². The van der Waals surface area contributed by atoms with Gasteiger partial charge in [0.05, 0.1) is 6.04 Å². The van der Waals surface area contributed by atoms with Crippen LogP contribution in [0.15, 0.2) is 22.5 Å². The molecule has 60 valence electrons. The number of hydrogen-bond donors (Lipinski definition) is 0. The van der Waals surface area contributed by atoms with Crippen molar-refractivity contribution in [2.45, 2.75) is 32.2 Å². The zero-order chi connectivity index (χ0) is 7.68. The summed E-state index contributed by atoms with van der Waals surface area (Å²) in [4.78, 5) is 0. The Kier molecular flexibility index (Phi) is 1.76. The number of hydrogen-bond acceptors (Lipinski definition) is 2. The minimum atomic E-state index is 0.510. The van der Waals surface area contributed by atoms with E-state index in [9.17, 15) is 0 Å². The second-order valence-electron chi connectivity index (χ2n) is 3.72. The first kappa shape index (κ1) is 7.01. The largest absolute Gasteiger partial charge is 0.185 e. The fraction of sp³-hybridized carbons (Fsp3) is 0.778. The van der Waals surface area contributed by atoms with Crippen LogP contribution in [-0.2, 0) is 0 Å². The van der Waals surface area contributed by atoms with Gasteiger partial charge in [-0.1, -0.05) is 13.0 Å². The summed E-state index contributed by atoms with van der Waals surface area (Å²) in [5, 5.41) is 8.15. The van der Waals surface area contributed by atoms with Gasteiger partial charge < -0.3 is 0 Å². The van der Waals surface area contributed by atoms with Crippen molar-refractivity contribution < 1.29 is 0 Å². The van der Waals surface area contributed by atoms with Crippen molar-refractivity contribution in [3.05, 3.63) is 12.3 Å². The molecule has 0 saturated heterocycles. The predicted octanol–water partition coefficient (Wildman–Crippen LogP) is 2.77. The topological polar surface area (TPSA) is 24.7 Å². The van der Waals surface area contributed by atoms with Crippen LogP contribution in [0.4, 0.5) is 0 Å². The van der Waals surface area contributed by atoms with E-state index in [2.05, 4.69) is 23.2 Å². The first-order valence-corrected chi connectivity index (χ1v) is 4.43. The maximum absolute atomic E-state index is 4.22. The summed E-state index contributed by atoms with van der Waals surface area (Å²) in [5.41, 5.74) is 0. The van der Waals surface area contributed by atoms with Crippen LogP contribution in [0.3, 0.4) is 0 Å². The summed E-state index contributed by atoms with van der Waals surface area (Å²) in [6, 6.07) is 0.510. The Morgan fingerprint density at radius 3 is 3.18 bits per heavy atom. The van der Waals surface area contributed by atoms with Crippen molar-refractivity contribution >= 4 is 0 Å². The summed E-state index contributed by atoms with van der Waals surface area (Å²) >= 11 is 0. The van der Waals surface area contributed by atoms with Gasteiger partial charge in [-0.3, -0.25) is 0 Å². The second-order valence-corrected chi connectivity index (χ2v) is 3.72. The average Bonchev–Trinajstić information content (AvgIpc) is 2.04. The molecule has 2 rings (SSSR count). The molecule has 0 aromatic heterocycles.